The van der Waals surface area contributed by atoms with Gasteiger partial charge in [0.25, 0.3) is 5.91 Å². The van der Waals surface area contributed by atoms with Crippen LogP contribution in [0.4, 0.5) is 11.4 Å². The van der Waals surface area contributed by atoms with Gasteiger partial charge < -0.3 is 19.9 Å². The fourth-order valence-corrected chi connectivity index (χ4v) is 6.42. The number of rotatable bonds is 4. The van der Waals surface area contributed by atoms with Gasteiger partial charge in [-0.15, -0.1) is 0 Å². The summed E-state index contributed by atoms with van der Waals surface area (Å²) < 4.78 is 33.4. The second-order valence-electron chi connectivity index (χ2n) is 9.23. The largest absolute Gasteiger partial charge is 0.479 e. The van der Waals surface area contributed by atoms with Crippen molar-refractivity contribution in [1.29, 1.82) is 0 Å². The van der Waals surface area contributed by atoms with Crippen molar-refractivity contribution in [3.05, 3.63) is 48.5 Å². The fourth-order valence-electron chi connectivity index (χ4n) is 4.92. The van der Waals surface area contributed by atoms with Gasteiger partial charge in [0.15, 0.2) is 6.10 Å². The number of piperidine rings is 1. The van der Waals surface area contributed by atoms with E-state index < -0.39 is 16.1 Å². The van der Waals surface area contributed by atoms with Gasteiger partial charge in [-0.25, -0.2) is 8.42 Å². The third kappa shape index (κ3) is 4.72. The molecule has 2 fully saturated rings. The lowest BCUT2D eigenvalue weighted by Crippen LogP contribution is -2.52. The molecule has 0 bridgehead atoms. The average molecular weight is 499 g/mol. The molecule has 3 heterocycles. The Balaban J connectivity index is 1.18. The maximum Gasteiger partial charge on any atom is 0.265 e. The van der Waals surface area contributed by atoms with Crippen LogP contribution in [-0.2, 0) is 19.6 Å². The second kappa shape index (κ2) is 9.50. The first-order chi connectivity index (χ1) is 16.8. The summed E-state index contributed by atoms with van der Waals surface area (Å²) in [6.07, 6.45) is 0.376. The van der Waals surface area contributed by atoms with Crippen LogP contribution in [0.3, 0.4) is 0 Å². The zero-order valence-electron chi connectivity index (χ0n) is 19.7. The summed E-state index contributed by atoms with van der Waals surface area (Å²) in [6, 6.07) is 14.7. The van der Waals surface area contributed by atoms with E-state index in [0.717, 1.165) is 13.1 Å². The van der Waals surface area contributed by atoms with Crippen molar-refractivity contribution in [3.63, 3.8) is 0 Å². The van der Waals surface area contributed by atoms with Crippen molar-refractivity contribution in [2.24, 2.45) is 5.92 Å². The van der Waals surface area contributed by atoms with E-state index in [1.807, 2.05) is 23.1 Å². The summed E-state index contributed by atoms with van der Waals surface area (Å²) in [5, 5.41) is 2.70. The molecule has 0 saturated carbocycles. The molecule has 2 aromatic carbocycles. The molecule has 1 N–H and O–H groups in total. The predicted octanol–water partition coefficient (Wildman–Crippen LogP) is 2.16. The molecule has 2 saturated heterocycles. The third-order valence-corrected chi connectivity index (χ3v) is 8.93. The van der Waals surface area contributed by atoms with E-state index in [9.17, 15) is 18.0 Å². The first kappa shape index (κ1) is 23.6. The molecule has 1 atom stereocenters. The maximum atomic E-state index is 13.2. The number of benzene rings is 2. The van der Waals surface area contributed by atoms with E-state index in [1.54, 1.807) is 13.0 Å². The number of nitrogens with zero attached hydrogens (tertiary/aromatic N) is 3. The van der Waals surface area contributed by atoms with E-state index in [4.69, 9.17) is 4.74 Å². The average Bonchev–Trinajstić information content (AvgIpc) is 2.89. The fraction of sp³-hybridized carbons (Fsp3) is 0.440. The Bertz CT molecular complexity index is 1200. The van der Waals surface area contributed by atoms with Crippen molar-refractivity contribution in [3.8, 4) is 5.75 Å². The van der Waals surface area contributed by atoms with Crippen LogP contribution >= 0.6 is 0 Å². The number of fused-ring (bicyclic) bond motifs is 1. The van der Waals surface area contributed by atoms with Gasteiger partial charge in [-0.2, -0.15) is 4.31 Å². The Labute approximate surface area is 205 Å². The lowest BCUT2D eigenvalue weighted by atomic mass is 9.96. The number of anilines is 2. The highest BCUT2D eigenvalue weighted by atomic mass is 32.2. The van der Waals surface area contributed by atoms with Gasteiger partial charge in [-0.1, -0.05) is 18.2 Å². The minimum absolute atomic E-state index is 0.108. The number of para-hydroxylation sites is 1. The van der Waals surface area contributed by atoms with Crippen LogP contribution in [0.5, 0.6) is 5.75 Å². The van der Waals surface area contributed by atoms with Crippen molar-refractivity contribution >= 4 is 33.2 Å². The molecule has 1 unspecified atom stereocenters. The molecule has 5 rings (SSSR count). The van der Waals surface area contributed by atoms with Gasteiger partial charge in [0, 0.05) is 50.9 Å². The molecule has 3 aliphatic rings. The van der Waals surface area contributed by atoms with E-state index in [-0.39, 0.29) is 22.6 Å². The van der Waals surface area contributed by atoms with Gasteiger partial charge in [0.05, 0.1) is 10.6 Å². The number of nitrogens with one attached hydrogen (secondary N) is 1. The van der Waals surface area contributed by atoms with Gasteiger partial charge in [-0.05, 0) is 50.1 Å². The Kier molecular flexibility index (Phi) is 6.41. The van der Waals surface area contributed by atoms with Crippen LogP contribution < -0.4 is 15.0 Å². The Morgan fingerprint density at radius 1 is 0.971 bits per heavy atom. The zero-order chi connectivity index (χ0) is 24.6. The van der Waals surface area contributed by atoms with Crippen LogP contribution in [0.2, 0.25) is 0 Å². The van der Waals surface area contributed by atoms with Gasteiger partial charge in [-0.3, -0.25) is 9.59 Å². The number of ether oxygens (including phenoxy) is 1. The molecule has 0 radical (unpaired) electrons. The topological polar surface area (TPSA) is 99.3 Å². The molecule has 0 aliphatic carbocycles. The van der Waals surface area contributed by atoms with E-state index in [0.29, 0.717) is 50.5 Å². The molecular formula is C25H30N4O5S. The number of amides is 2. The van der Waals surface area contributed by atoms with Crippen LogP contribution in [0.15, 0.2) is 53.4 Å². The Morgan fingerprint density at radius 2 is 1.66 bits per heavy atom. The first-order valence-electron chi connectivity index (χ1n) is 12.0. The van der Waals surface area contributed by atoms with Gasteiger partial charge >= 0.3 is 0 Å². The van der Waals surface area contributed by atoms with Crippen molar-refractivity contribution in [2.75, 3.05) is 49.5 Å². The monoisotopic (exact) mass is 498 g/mol. The Morgan fingerprint density at radius 3 is 2.34 bits per heavy atom. The number of carbonyl (C=O) groups excluding carboxylic acids is 2. The van der Waals surface area contributed by atoms with Crippen molar-refractivity contribution in [1.82, 2.24) is 9.21 Å². The summed E-state index contributed by atoms with van der Waals surface area (Å²) in [5.74, 6) is 0.101. The molecule has 186 valence electrons. The van der Waals surface area contributed by atoms with Gasteiger partial charge in [0.2, 0.25) is 15.9 Å². The number of hydrogen-bond acceptors (Lipinski definition) is 6. The van der Waals surface area contributed by atoms with E-state index >= 15 is 0 Å². The van der Waals surface area contributed by atoms with Crippen molar-refractivity contribution < 1.29 is 22.7 Å². The lowest BCUT2D eigenvalue weighted by Gasteiger charge is -2.39. The SMILES string of the molecule is CC1Oc2ccc(S(=O)(=O)N3CCC(C(=O)N4CCN(c5ccccc5)CC4)CC3)cc2NC1=O. The van der Waals surface area contributed by atoms with Crippen LogP contribution in [0.1, 0.15) is 19.8 Å². The highest BCUT2D eigenvalue weighted by Gasteiger charge is 2.35. The molecule has 3 aliphatic heterocycles. The van der Waals surface area contributed by atoms with E-state index in [2.05, 4.69) is 22.3 Å². The highest BCUT2D eigenvalue weighted by Crippen LogP contribution is 2.34. The predicted molar refractivity (Wildman–Crippen MR) is 132 cm³/mol. The molecular weight excluding hydrogens is 468 g/mol. The minimum Gasteiger partial charge on any atom is -0.479 e. The molecule has 0 aromatic heterocycles. The van der Waals surface area contributed by atoms with E-state index in [1.165, 1.54) is 22.1 Å². The van der Waals surface area contributed by atoms with Crippen LogP contribution in [0, 0.1) is 5.92 Å². The smallest absolute Gasteiger partial charge is 0.265 e. The molecule has 35 heavy (non-hydrogen) atoms. The lowest BCUT2D eigenvalue weighted by molar-refractivity contribution is -0.137. The number of hydrogen-bond donors (Lipinski definition) is 1. The summed E-state index contributed by atoms with van der Waals surface area (Å²) in [5.41, 5.74) is 1.52. The van der Waals surface area contributed by atoms with Crippen LogP contribution in [0.25, 0.3) is 0 Å². The third-order valence-electron chi connectivity index (χ3n) is 7.04. The maximum absolute atomic E-state index is 13.2. The van der Waals surface area contributed by atoms with Crippen molar-refractivity contribution in [2.45, 2.75) is 30.8 Å². The first-order valence-corrected chi connectivity index (χ1v) is 13.5. The molecule has 0 spiro atoms. The minimum atomic E-state index is -3.74. The number of piperazine rings is 1. The quantitative estimate of drug-likeness (QED) is 0.694. The normalized spacial score (nSPS) is 21.7. The number of carbonyl (C=O) groups is 2. The summed E-state index contributed by atoms with van der Waals surface area (Å²) >= 11 is 0. The standard InChI is InChI=1S/C25H30N4O5S/c1-18-24(30)26-22-17-21(7-8-23(22)34-18)35(32,33)29-11-9-19(10-12-29)25(31)28-15-13-27(14-16-28)20-5-3-2-4-6-20/h2-8,17-19H,9-16H2,1H3,(H,26,30). The zero-order valence-corrected chi connectivity index (χ0v) is 20.5. The van der Waals surface area contributed by atoms with Crippen LogP contribution in [-0.4, -0.2) is 74.8 Å². The summed E-state index contributed by atoms with van der Waals surface area (Å²) in [6.45, 7) is 5.15. The molecule has 2 aromatic rings. The second-order valence-corrected chi connectivity index (χ2v) is 11.2. The number of sulfonamides is 1. The highest BCUT2D eigenvalue weighted by molar-refractivity contribution is 7.89. The molecule has 9 nitrogen and oxygen atoms in total. The Hall–Kier alpha value is -3.11. The summed E-state index contributed by atoms with van der Waals surface area (Å²) in [7, 11) is -3.74. The van der Waals surface area contributed by atoms with Gasteiger partial charge in [0.1, 0.15) is 5.75 Å². The summed E-state index contributed by atoms with van der Waals surface area (Å²) in [4.78, 5) is 29.3. The molecule has 2 amide bonds. The molecule has 10 heteroatoms.